The van der Waals surface area contributed by atoms with E-state index in [-0.39, 0.29) is 0 Å². The third kappa shape index (κ3) is 2.58. The normalized spacial score (nSPS) is 15.9. The summed E-state index contributed by atoms with van der Waals surface area (Å²) in [5.74, 6) is 0. The predicted molar refractivity (Wildman–Crippen MR) is 88.8 cm³/mol. The van der Waals surface area contributed by atoms with E-state index >= 15 is 0 Å². The molecular weight excluding hydrogens is 292 g/mol. The molecule has 1 aliphatic rings. The van der Waals surface area contributed by atoms with Gasteiger partial charge < -0.3 is 0 Å². The van der Waals surface area contributed by atoms with Crippen molar-refractivity contribution in [2.45, 2.75) is 19.5 Å². The first-order chi connectivity index (χ1) is 10.8. The van der Waals surface area contributed by atoms with Gasteiger partial charge in [-0.3, -0.25) is 9.58 Å². The summed E-state index contributed by atoms with van der Waals surface area (Å²) in [5, 5.41) is 5.44. The minimum atomic E-state index is 0.525. The molecule has 0 spiro atoms. The standard InChI is InChI=1S/C17H18N4S/c1-13-16(22-17(19-13)14-6-3-2-4-7-14)12-20-10-15(11-20)21-9-5-8-18-21/h2-9,15H,10-12H2,1H3. The van der Waals surface area contributed by atoms with Gasteiger partial charge in [-0.25, -0.2) is 4.98 Å². The van der Waals surface area contributed by atoms with E-state index in [4.69, 9.17) is 4.98 Å². The molecule has 1 aromatic carbocycles. The Balaban J connectivity index is 1.43. The predicted octanol–water partition coefficient (Wildman–Crippen LogP) is 3.37. The first kappa shape index (κ1) is 13.7. The van der Waals surface area contributed by atoms with Crippen molar-refractivity contribution < 1.29 is 0 Å². The van der Waals surface area contributed by atoms with Gasteiger partial charge in [-0.2, -0.15) is 5.10 Å². The summed E-state index contributed by atoms with van der Waals surface area (Å²) in [7, 11) is 0. The van der Waals surface area contributed by atoms with Gasteiger partial charge >= 0.3 is 0 Å². The molecule has 5 heteroatoms. The van der Waals surface area contributed by atoms with Crippen molar-refractivity contribution in [1.82, 2.24) is 19.7 Å². The van der Waals surface area contributed by atoms with Gasteiger partial charge in [0.15, 0.2) is 0 Å². The molecule has 0 amide bonds. The summed E-state index contributed by atoms with van der Waals surface area (Å²) in [5.41, 5.74) is 2.37. The van der Waals surface area contributed by atoms with E-state index in [1.54, 1.807) is 0 Å². The zero-order valence-corrected chi connectivity index (χ0v) is 13.3. The lowest BCUT2D eigenvalue weighted by Crippen LogP contribution is -2.47. The molecule has 2 aromatic heterocycles. The summed E-state index contributed by atoms with van der Waals surface area (Å²) in [6.45, 7) is 5.25. The number of likely N-dealkylation sites (tertiary alicyclic amines) is 1. The van der Waals surface area contributed by atoms with E-state index in [1.807, 2.05) is 35.9 Å². The van der Waals surface area contributed by atoms with Crippen LogP contribution in [-0.4, -0.2) is 32.8 Å². The van der Waals surface area contributed by atoms with Crippen molar-refractivity contribution in [1.29, 1.82) is 0 Å². The van der Waals surface area contributed by atoms with Crippen LogP contribution in [0.3, 0.4) is 0 Å². The average Bonchev–Trinajstić information content (AvgIpc) is 3.13. The molecule has 3 heterocycles. The van der Waals surface area contributed by atoms with Crippen molar-refractivity contribution in [3.63, 3.8) is 0 Å². The Bertz CT molecular complexity index is 742. The third-order valence-electron chi connectivity index (χ3n) is 4.12. The number of hydrogen-bond donors (Lipinski definition) is 0. The lowest BCUT2D eigenvalue weighted by molar-refractivity contribution is 0.0917. The van der Waals surface area contributed by atoms with Gasteiger partial charge in [-0.15, -0.1) is 11.3 Å². The zero-order valence-electron chi connectivity index (χ0n) is 12.5. The van der Waals surface area contributed by atoms with Gasteiger partial charge in [0.1, 0.15) is 5.01 Å². The fourth-order valence-electron chi connectivity index (χ4n) is 2.82. The summed E-state index contributed by atoms with van der Waals surface area (Å²) in [6.07, 6.45) is 3.90. The first-order valence-electron chi connectivity index (χ1n) is 7.53. The van der Waals surface area contributed by atoms with Gasteiger partial charge in [0.05, 0.1) is 11.7 Å². The van der Waals surface area contributed by atoms with Crippen LogP contribution in [0.2, 0.25) is 0 Å². The van der Waals surface area contributed by atoms with Crippen LogP contribution >= 0.6 is 11.3 Å². The molecule has 0 saturated carbocycles. The van der Waals surface area contributed by atoms with Crippen LogP contribution in [0.25, 0.3) is 10.6 Å². The van der Waals surface area contributed by atoms with Crippen LogP contribution in [-0.2, 0) is 6.54 Å². The number of thiazole rings is 1. The lowest BCUT2D eigenvalue weighted by atomic mass is 10.1. The Hall–Kier alpha value is -1.98. The number of benzene rings is 1. The minimum absolute atomic E-state index is 0.525. The topological polar surface area (TPSA) is 34.0 Å². The molecular formula is C17H18N4S. The molecule has 1 fully saturated rings. The minimum Gasteiger partial charge on any atom is -0.294 e. The molecule has 0 bridgehead atoms. The molecule has 22 heavy (non-hydrogen) atoms. The Labute approximate surface area is 134 Å². The maximum absolute atomic E-state index is 4.74. The van der Waals surface area contributed by atoms with Crippen molar-refractivity contribution in [3.05, 3.63) is 59.4 Å². The quantitative estimate of drug-likeness (QED) is 0.741. The van der Waals surface area contributed by atoms with Gasteiger partial charge in [0.25, 0.3) is 0 Å². The molecule has 1 aliphatic heterocycles. The van der Waals surface area contributed by atoms with E-state index in [0.29, 0.717) is 6.04 Å². The van der Waals surface area contributed by atoms with Crippen molar-refractivity contribution in [2.24, 2.45) is 0 Å². The number of hydrogen-bond acceptors (Lipinski definition) is 4. The SMILES string of the molecule is Cc1nc(-c2ccccc2)sc1CN1CC(n2cccn2)C1. The highest BCUT2D eigenvalue weighted by atomic mass is 32.1. The zero-order chi connectivity index (χ0) is 14.9. The number of nitrogens with zero attached hydrogens (tertiary/aromatic N) is 4. The molecule has 0 N–H and O–H groups in total. The number of aryl methyl sites for hydroxylation is 1. The van der Waals surface area contributed by atoms with Crippen LogP contribution in [0, 0.1) is 6.92 Å². The van der Waals surface area contributed by atoms with Crippen LogP contribution in [0.5, 0.6) is 0 Å². The second-order valence-corrected chi connectivity index (χ2v) is 6.81. The highest BCUT2D eigenvalue weighted by Crippen LogP contribution is 2.31. The van der Waals surface area contributed by atoms with Crippen LogP contribution in [0.15, 0.2) is 48.8 Å². The Kier molecular flexibility index (Phi) is 3.52. The Morgan fingerprint density at radius 1 is 1.18 bits per heavy atom. The first-order valence-corrected chi connectivity index (χ1v) is 8.34. The molecule has 4 nitrogen and oxygen atoms in total. The van der Waals surface area contributed by atoms with E-state index in [1.165, 1.54) is 10.4 Å². The maximum atomic E-state index is 4.74. The third-order valence-corrected chi connectivity index (χ3v) is 5.31. The number of aromatic nitrogens is 3. The van der Waals surface area contributed by atoms with E-state index < -0.39 is 0 Å². The van der Waals surface area contributed by atoms with E-state index in [0.717, 1.165) is 30.3 Å². The molecule has 3 aromatic rings. The molecule has 0 radical (unpaired) electrons. The summed E-state index contributed by atoms with van der Waals surface area (Å²) >= 11 is 1.81. The van der Waals surface area contributed by atoms with Crippen molar-refractivity contribution >= 4 is 11.3 Å². The molecule has 4 rings (SSSR count). The van der Waals surface area contributed by atoms with Crippen LogP contribution < -0.4 is 0 Å². The molecule has 0 unspecified atom stereocenters. The Morgan fingerprint density at radius 3 is 2.73 bits per heavy atom. The van der Waals surface area contributed by atoms with Crippen LogP contribution in [0.1, 0.15) is 16.6 Å². The highest BCUT2D eigenvalue weighted by molar-refractivity contribution is 7.15. The molecule has 0 atom stereocenters. The smallest absolute Gasteiger partial charge is 0.123 e. The van der Waals surface area contributed by atoms with Crippen molar-refractivity contribution in [2.75, 3.05) is 13.1 Å². The van der Waals surface area contributed by atoms with Gasteiger partial charge in [0, 0.05) is 42.5 Å². The second kappa shape index (κ2) is 5.66. The van der Waals surface area contributed by atoms with Crippen molar-refractivity contribution in [3.8, 4) is 10.6 Å². The molecule has 112 valence electrons. The van der Waals surface area contributed by atoms with E-state index in [9.17, 15) is 0 Å². The maximum Gasteiger partial charge on any atom is 0.123 e. The Morgan fingerprint density at radius 2 is 2.00 bits per heavy atom. The monoisotopic (exact) mass is 310 g/mol. The molecule has 1 saturated heterocycles. The second-order valence-electron chi connectivity index (χ2n) is 5.73. The van der Waals surface area contributed by atoms with Gasteiger partial charge in [0.2, 0.25) is 0 Å². The molecule has 0 aliphatic carbocycles. The largest absolute Gasteiger partial charge is 0.294 e. The van der Waals surface area contributed by atoms with E-state index in [2.05, 4.69) is 45.9 Å². The number of rotatable bonds is 4. The highest BCUT2D eigenvalue weighted by Gasteiger charge is 2.29. The van der Waals surface area contributed by atoms with Gasteiger partial charge in [-0.1, -0.05) is 30.3 Å². The summed E-state index contributed by atoms with van der Waals surface area (Å²) in [6, 6.07) is 12.9. The fraction of sp³-hybridized carbons (Fsp3) is 0.294. The van der Waals surface area contributed by atoms with Gasteiger partial charge in [-0.05, 0) is 13.0 Å². The lowest BCUT2D eigenvalue weighted by Gasteiger charge is -2.38. The van der Waals surface area contributed by atoms with Crippen LogP contribution in [0.4, 0.5) is 0 Å². The summed E-state index contributed by atoms with van der Waals surface area (Å²) in [4.78, 5) is 8.57. The summed E-state index contributed by atoms with van der Waals surface area (Å²) < 4.78 is 2.06. The fourth-order valence-corrected chi connectivity index (χ4v) is 3.93. The average molecular weight is 310 g/mol.